The standard InChI is InChI=1S/C17H13BrO2/c18-10-2-4-13-6-8-15(9-7-13)16-5-1-3-14(11-16)12-17(19)20/h1,3,5-9,11H,10,12H2,(H,19,20). The highest BCUT2D eigenvalue weighted by Gasteiger charge is 2.03. The van der Waals surface area contributed by atoms with Crippen molar-refractivity contribution < 1.29 is 9.90 Å². The third-order valence-corrected chi connectivity index (χ3v) is 3.08. The molecular formula is C17H13BrO2. The molecule has 0 radical (unpaired) electrons. The van der Waals surface area contributed by atoms with E-state index >= 15 is 0 Å². The van der Waals surface area contributed by atoms with Gasteiger partial charge in [-0.1, -0.05) is 64.2 Å². The van der Waals surface area contributed by atoms with Crippen LogP contribution in [0, 0.1) is 11.8 Å². The van der Waals surface area contributed by atoms with Gasteiger partial charge < -0.3 is 5.11 Å². The zero-order valence-corrected chi connectivity index (χ0v) is 12.4. The Balaban J connectivity index is 2.25. The molecule has 0 atom stereocenters. The first-order valence-electron chi connectivity index (χ1n) is 6.15. The lowest BCUT2D eigenvalue weighted by atomic mass is 10.0. The molecule has 1 N–H and O–H groups in total. The molecule has 0 heterocycles. The second-order valence-corrected chi connectivity index (χ2v) is 4.84. The fourth-order valence-electron chi connectivity index (χ4n) is 1.92. The average molecular weight is 329 g/mol. The summed E-state index contributed by atoms with van der Waals surface area (Å²) >= 11 is 3.26. The first-order valence-corrected chi connectivity index (χ1v) is 7.27. The minimum Gasteiger partial charge on any atom is -0.481 e. The predicted molar refractivity (Wildman–Crippen MR) is 83.9 cm³/mol. The van der Waals surface area contributed by atoms with Crippen LogP contribution in [0.2, 0.25) is 0 Å². The van der Waals surface area contributed by atoms with Crippen molar-refractivity contribution in [2.75, 3.05) is 5.33 Å². The Kier molecular flexibility index (Phi) is 4.97. The van der Waals surface area contributed by atoms with Crippen LogP contribution in [0.25, 0.3) is 11.1 Å². The molecule has 2 aromatic carbocycles. The summed E-state index contributed by atoms with van der Waals surface area (Å²) in [6.45, 7) is 0. The molecule has 0 aliphatic carbocycles. The fraction of sp³-hybridized carbons (Fsp3) is 0.118. The topological polar surface area (TPSA) is 37.3 Å². The van der Waals surface area contributed by atoms with Gasteiger partial charge in [-0.3, -0.25) is 4.79 Å². The van der Waals surface area contributed by atoms with E-state index in [1.165, 1.54) is 0 Å². The summed E-state index contributed by atoms with van der Waals surface area (Å²) in [5.41, 5.74) is 3.85. The van der Waals surface area contributed by atoms with E-state index in [0.29, 0.717) is 5.33 Å². The van der Waals surface area contributed by atoms with E-state index in [1.807, 2.05) is 48.5 Å². The summed E-state index contributed by atoms with van der Waals surface area (Å²) in [7, 11) is 0. The SMILES string of the molecule is O=C(O)Cc1cccc(-c2ccc(C#CCBr)cc2)c1. The number of carboxylic acid groups (broad SMARTS) is 1. The monoisotopic (exact) mass is 328 g/mol. The lowest BCUT2D eigenvalue weighted by Gasteiger charge is -2.04. The van der Waals surface area contributed by atoms with Gasteiger partial charge in [0.2, 0.25) is 0 Å². The van der Waals surface area contributed by atoms with E-state index in [1.54, 1.807) is 0 Å². The molecule has 0 unspecified atom stereocenters. The zero-order chi connectivity index (χ0) is 14.4. The maximum atomic E-state index is 10.7. The summed E-state index contributed by atoms with van der Waals surface area (Å²) in [5.74, 6) is 5.17. The van der Waals surface area contributed by atoms with E-state index in [4.69, 9.17) is 5.11 Å². The van der Waals surface area contributed by atoms with Gasteiger partial charge in [0.25, 0.3) is 0 Å². The van der Waals surface area contributed by atoms with Gasteiger partial charge in [-0.2, -0.15) is 0 Å². The molecule has 2 aromatic rings. The van der Waals surface area contributed by atoms with Crippen molar-refractivity contribution in [3.05, 3.63) is 59.7 Å². The molecule has 0 saturated heterocycles. The Morgan fingerprint density at radius 3 is 2.50 bits per heavy atom. The fourth-order valence-corrected chi connectivity index (χ4v) is 2.06. The molecule has 0 aromatic heterocycles. The van der Waals surface area contributed by atoms with Crippen molar-refractivity contribution in [1.29, 1.82) is 0 Å². The molecule has 2 rings (SSSR count). The number of aliphatic carboxylic acids is 1. The van der Waals surface area contributed by atoms with E-state index in [0.717, 1.165) is 22.3 Å². The normalized spacial score (nSPS) is 9.65. The molecule has 0 bridgehead atoms. The Bertz CT molecular complexity index is 663. The second-order valence-electron chi connectivity index (χ2n) is 4.28. The number of hydrogen-bond donors (Lipinski definition) is 1. The summed E-state index contributed by atoms with van der Waals surface area (Å²) < 4.78 is 0. The summed E-state index contributed by atoms with van der Waals surface area (Å²) in [4.78, 5) is 10.7. The first kappa shape index (κ1) is 14.4. The average Bonchev–Trinajstić information content (AvgIpc) is 2.45. The van der Waals surface area contributed by atoms with E-state index in [2.05, 4.69) is 27.8 Å². The highest BCUT2D eigenvalue weighted by Crippen LogP contribution is 2.21. The number of carboxylic acids is 1. The van der Waals surface area contributed by atoms with Crippen LogP contribution in [0.5, 0.6) is 0 Å². The summed E-state index contributed by atoms with van der Waals surface area (Å²) in [5, 5.41) is 9.49. The molecule has 0 spiro atoms. The maximum Gasteiger partial charge on any atom is 0.307 e. The van der Waals surface area contributed by atoms with Crippen molar-refractivity contribution in [3.8, 4) is 23.0 Å². The number of rotatable bonds is 3. The van der Waals surface area contributed by atoms with Gasteiger partial charge >= 0.3 is 5.97 Å². The first-order chi connectivity index (χ1) is 9.69. The molecule has 0 fully saturated rings. The molecule has 0 amide bonds. The Morgan fingerprint density at radius 1 is 1.10 bits per heavy atom. The molecule has 0 aliphatic rings. The zero-order valence-electron chi connectivity index (χ0n) is 10.8. The highest BCUT2D eigenvalue weighted by atomic mass is 79.9. The van der Waals surface area contributed by atoms with Gasteiger partial charge in [0, 0.05) is 5.56 Å². The van der Waals surface area contributed by atoms with E-state index in [-0.39, 0.29) is 6.42 Å². The van der Waals surface area contributed by atoms with Crippen LogP contribution >= 0.6 is 15.9 Å². The Labute approximate surface area is 126 Å². The Hall–Kier alpha value is -2.05. The van der Waals surface area contributed by atoms with Crippen molar-refractivity contribution in [2.45, 2.75) is 6.42 Å². The number of carbonyl (C=O) groups is 1. The van der Waals surface area contributed by atoms with Gasteiger partial charge in [0.05, 0.1) is 11.8 Å². The predicted octanol–water partition coefficient (Wildman–Crippen LogP) is 3.73. The molecule has 20 heavy (non-hydrogen) atoms. The van der Waals surface area contributed by atoms with Gasteiger partial charge in [-0.05, 0) is 28.8 Å². The van der Waals surface area contributed by atoms with Gasteiger partial charge in [-0.15, -0.1) is 0 Å². The molecule has 0 aliphatic heterocycles. The second kappa shape index (κ2) is 6.93. The van der Waals surface area contributed by atoms with Gasteiger partial charge in [-0.25, -0.2) is 0 Å². The van der Waals surface area contributed by atoms with Crippen LogP contribution in [-0.4, -0.2) is 16.4 Å². The Morgan fingerprint density at radius 2 is 1.85 bits per heavy atom. The van der Waals surface area contributed by atoms with Crippen molar-refractivity contribution >= 4 is 21.9 Å². The number of alkyl halides is 1. The molecule has 100 valence electrons. The van der Waals surface area contributed by atoms with Crippen molar-refractivity contribution in [1.82, 2.24) is 0 Å². The minimum absolute atomic E-state index is 0.0443. The summed E-state index contributed by atoms with van der Waals surface area (Å²) in [6, 6.07) is 15.5. The van der Waals surface area contributed by atoms with Crippen molar-refractivity contribution in [2.24, 2.45) is 0 Å². The molecule has 2 nitrogen and oxygen atoms in total. The van der Waals surface area contributed by atoms with Crippen LogP contribution in [-0.2, 0) is 11.2 Å². The quantitative estimate of drug-likeness (QED) is 0.688. The van der Waals surface area contributed by atoms with Crippen LogP contribution in [0.15, 0.2) is 48.5 Å². The third-order valence-electron chi connectivity index (χ3n) is 2.80. The molecule has 0 saturated carbocycles. The smallest absolute Gasteiger partial charge is 0.307 e. The number of benzene rings is 2. The lowest BCUT2D eigenvalue weighted by molar-refractivity contribution is -0.136. The lowest BCUT2D eigenvalue weighted by Crippen LogP contribution is -1.99. The van der Waals surface area contributed by atoms with Crippen LogP contribution < -0.4 is 0 Å². The maximum absolute atomic E-state index is 10.7. The summed E-state index contributed by atoms with van der Waals surface area (Å²) in [6.07, 6.45) is 0.0443. The number of halogens is 1. The van der Waals surface area contributed by atoms with Gasteiger partial charge in [0.15, 0.2) is 0 Å². The van der Waals surface area contributed by atoms with Crippen LogP contribution in [0.1, 0.15) is 11.1 Å². The molecular weight excluding hydrogens is 316 g/mol. The third kappa shape index (κ3) is 3.97. The minimum atomic E-state index is -0.817. The molecule has 3 heteroatoms. The highest BCUT2D eigenvalue weighted by molar-refractivity contribution is 9.09. The number of hydrogen-bond acceptors (Lipinski definition) is 1. The van der Waals surface area contributed by atoms with E-state index in [9.17, 15) is 4.79 Å². The van der Waals surface area contributed by atoms with Crippen molar-refractivity contribution in [3.63, 3.8) is 0 Å². The largest absolute Gasteiger partial charge is 0.481 e. The van der Waals surface area contributed by atoms with E-state index < -0.39 is 5.97 Å². The van der Waals surface area contributed by atoms with Crippen LogP contribution in [0.3, 0.4) is 0 Å². The van der Waals surface area contributed by atoms with Gasteiger partial charge in [0.1, 0.15) is 0 Å². The van der Waals surface area contributed by atoms with Crippen LogP contribution in [0.4, 0.5) is 0 Å².